The smallest absolute Gasteiger partial charge is 0.227 e. The van der Waals surface area contributed by atoms with E-state index in [4.69, 9.17) is 13.8 Å². The number of para-hydroxylation sites is 2. The number of pyridine rings is 1. The highest BCUT2D eigenvalue weighted by atomic mass is 16.3. The fraction of sp³-hybridized carbons (Fsp3) is 0. The lowest BCUT2D eigenvalue weighted by Crippen LogP contribution is -1.95. The Labute approximate surface area is 223 Å². The number of rotatable bonds is 4. The molecule has 4 aromatic carbocycles. The van der Waals surface area contributed by atoms with Crippen LogP contribution in [-0.2, 0) is 0 Å². The summed E-state index contributed by atoms with van der Waals surface area (Å²) in [5, 5.41) is 2.31. The third-order valence-electron chi connectivity index (χ3n) is 7.18. The van der Waals surface area contributed by atoms with Gasteiger partial charge < -0.3 is 13.4 Å². The minimum Gasteiger partial charge on any atom is -0.464 e. The second kappa shape index (κ2) is 8.57. The first-order valence-corrected chi connectivity index (χ1v) is 12.8. The van der Waals surface area contributed by atoms with Crippen LogP contribution in [0.4, 0.5) is 0 Å². The first-order valence-electron chi connectivity index (χ1n) is 12.8. The van der Waals surface area contributed by atoms with E-state index in [1.54, 1.807) is 6.26 Å². The Morgan fingerprint density at radius 2 is 1.44 bits per heavy atom. The topological polar surface area (TPSA) is 57.0 Å². The first-order chi connectivity index (χ1) is 19.3. The molecule has 0 spiro atoms. The number of aromatic nitrogens is 3. The summed E-state index contributed by atoms with van der Waals surface area (Å²) in [6.07, 6.45) is 3.53. The van der Waals surface area contributed by atoms with Gasteiger partial charge in [-0.15, -0.1) is 0 Å². The maximum Gasteiger partial charge on any atom is 0.227 e. The molecule has 0 unspecified atom stereocenters. The highest BCUT2D eigenvalue weighted by Crippen LogP contribution is 2.38. The molecule has 184 valence electrons. The Hall–Kier alpha value is -5.42. The Bertz CT molecular complexity index is 2090. The zero-order valence-electron chi connectivity index (χ0n) is 20.8. The van der Waals surface area contributed by atoms with Crippen LogP contribution >= 0.6 is 0 Å². The third-order valence-corrected chi connectivity index (χ3v) is 7.18. The lowest BCUT2D eigenvalue weighted by atomic mass is 10.1. The molecule has 0 fully saturated rings. The van der Waals surface area contributed by atoms with Gasteiger partial charge in [0.25, 0.3) is 0 Å². The maximum absolute atomic E-state index is 6.13. The van der Waals surface area contributed by atoms with Crippen LogP contribution in [0.3, 0.4) is 0 Å². The summed E-state index contributed by atoms with van der Waals surface area (Å²) in [5.74, 6) is 1.44. The zero-order chi connectivity index (χ0) is 25.8. The van der Waals surface area contributed by atoms with E-state index in [0.717, 1.165) is 66.7 Å². The van der Waals surface area contributed by atoms with Crippen LogP contribution in [0, 0.1) is 0 Å². The average molecular weight is 504 g/mol. The zero-order valence-corrected chi connectivity index (χ0v) is 20.8. The van der Waals surface area contributed by atoms with Gasteiger partial charge in [0.1, 0.15) is 11.3 Å². The molecule has 8 aromatic rings. The van der Waals surface area contributed by atoms with Crippen LogP contribution in [0.5, 0.6) is 0 Å². The van der Waals surface area contributed by atoms with Crippen molar-refractivity contribution in [3.8, 4) is 39.7 Å². The second-order valence-corrected chi connectivity index (χ2v) is 9.53. The molecule has 4 heterocycles. The largest absolute Gasteiger partial charge is 0.464 e. The van der Waals surface area contributed by atoms with Crippen molar-refractivity contribution >= 4 is 32.9 Å². The summed E-state index contributed by atoms with van der Waals surface area (Å²) in [6.45, 7) is 0. The molecule has 0 amide bonds. The van der Waals surface area contributed by atoms with Crippen molar-refractivity contribution < 1.29 is 8.83 Å². The van der Waals surface area contributed by atoms with Crippen LogP contribution < -0.4 is 0 Å². The van der Waals surface area contributed by atoms with Gasteiger partial charge in [-0.1, -0.05) is 48.5 Å². The van der Waals surface area contributed by atoms with Crippen molar-refractivity contribution in [2.24, 2.45) is 0 Å². The van der Waals surface area contributed by atoms with Gasteiger partial charge >= 0.3 is 0 Å². The van der Waals surface area contributed by atoms with Crippen molar-refractivity contribution in [3.05, 3.63) is 128 Å². The molecule has 0 atom stereocenters. The van der Waals surface area contributed by atoms with Crippen LogP contribution in [0.1, 0.15) is 0 Å². The molecule has 8 rings (SSSR count). The summed E-state index contributed by atoms with van der Waals surface area (Å²) < 4.78 is 14.2. The summed E-state index contributed by atoms with van der Waals surface area (Å²) in [4.78, 5) is 9.33. The fourth-order valence-corrected chi connectivity index (χ4v) is 5.36. The molecule has 0 aliphatic carbocycles. The standard InChI is InChI=1S/C34H21N3O2/c1-2-11-33-29(10-1)36-34(39-33)24-14-16-27-26-15-13-23(32-12-6-18-38-32)20-30(26)37(31(27)21-24)25-8-5-7-22(19-25)28-9-3-4-17-35-28/h1-21H. The fourth-order valence-electron chi connectivity index (χ4n) is 5.36. The summed E-state index contributed by atoms with van der Waals surface area (Å²) in [5.41, 5.74) is 8.77. The lowest BCUT2D eigenvalue weighted by Gasteiger charge is -2.11. The highest BCUT2D eigenvalue weighted by Gasteiger charge is 2.17. The van der Waals surface area contributed by atoms with Gasteiger partial charge in [0.2, 0.25) is 5.89 Å². The van der Waals surface area contributed by atoms with Gasteiger partial charge in [0.15, 0.2) is 5.58 Å². The number of hydrogen-bond acceptors (Lipinski definition) is 4. The van der Waals surface area contributed by atoms with Crippen molar-refractivity contribution in [2.45, 2.75) is 0 Å². The molecule has 5 heteroatoms. The molecule has 0 saturated carbocycles. The van der Waals surface area contributed by atoms with Gasteiger partial charge in [-0.2, -0.15) is 0 Å². The molecular formula is C34H21N3O2. The Kier molecular flexibility index (Phi) is 4.76. The number of oxazole rings is 1. The van der Waals surface area contributed by atoms with Crippen molar-refractivity contribution in [3.63, 3.8) is 0 Å². The predicted molar refractivity (Wildman–Crippen MR) is 155 cm³/mol. The third kappa shape index (κ3) is 3.55. The number of benzene rings is 4. The second-order valence-electron chi connectivity index (χ2n) is 9.53. The van der Waals surface area contributed by atoms with Crippen molar-refractivity contribution in [1.82, 2.24) is 14.5 Å². The average Bonchev–Trinajstić information content (AvgIpc) is 3.75. The van der Waals surface area contributed by atoms with E-state index in [1.165, 1.54) is 0 Å². The maximum atomic E-state index is 6.13. The van der Waals surface area contributed by atoms with E-state index in [2.05, 4.69) is 70.2 Å². The lowest BCUT2D eigenvalue weighted by molar-refractivity contribution is 0.582. The molecule has 0 aliphatic rings. The minimum absolute atomic E-state index is 0.605. The van der Waals surface area contributed by atoms with Crippen LogP contribution in [0.25, 0.3) is 72.6 Å². The molecule has 0 bridgehead atoms. The molecule has 5 nitrogen and oxygen atoms in total. The van der Waals surface area contributed by atoms with Crippen LogP contribution in [-0.4, -0.2) is 14.5 Å². The molecule has 4 aromatic heterocycles. The summed E-state index contributed by atoms with van der Waals surface area (Å²) in [6, 6.07) is 39.1. The normalized spacial score (nSPS) is 11.6. The van der Waals surface area contributed by atoms with E-state index in [0.29, 0.717) is 5.89 Å². The predicted octanol–water partition coefficient (Wildman–Crippen LogP) is 8.91. The molecule has 0 N–H and O–H groups in total. The van der Waals surface area contributed by atoms with Crippen molar-refractivity contribution in [2.75, 3.05) is 0 Å². The minimum atomic E-state index is 0.605. The SMILES string of the molecule is c1ccc(-c2cccc(-n3c4cc(-c5ccco5)ccc4c4ccc(-c5nc6ccccc6o5)cc43)c2)nc1. The molecular weight excluding hydrogens is 482 g/mol. The quantitative estimate of drug-likeness (QED) is 0.241. The highest BCUT2D eigenvalue weighted by molar-refractivity contribution is 6.11. The van der Waals surface area contributed by atoms with Gasteiger partial charge in [0.05, 0.1) is 23.0 Å². The molecule has 0 aliphatic heterocycles. The Morgan fingerprint density at radius 1 is 0.615 bits per heavy atom. The number of nitrogens with zero attached hydrogens (tertiary/aromatic N) is 3. The van der Waals surface area contributed by atoms with Crippen LogP contribution in [0.2, 0.25) is 0 Å². The van der Waals surface area contributed by atoms with E-state index in [9.17, 15) is 0 Å². The first kappa shape index (κ1) is 21.6. The Balaban J connectivity index is 1.40. The van der Waals surface area contributed by atoms with Gasteiger partial charge in [-0.25, -0.2) is 4.98 Å². The monoisotopic (exact) mass is 503 g/mol. The number of fused-ring (bicyclic) bond motifs is 4. The molecule has 0 saturated heterocycles. The van der Waals surface area contributed by atoms with E-state index >= 15 is 0 Å². The summed E-state index contributed by atoms with van der Waals surface area (Å²) in [7, 11) is 0. The number of hydrogen-bond donors (Lipinski definition) is 0. The van der Waals surface area contributed by atoms with Crippen LogP contribution in [0.15, 0.2) is 137 Å². The summed E-state index contributed by atoms with van der Waals surface area (Å²) >= 11 is 0. The van der Waals surface area contributed by atoms with E-state index < -0.39 is 0 Å². The van der Waals surface area contributed by atoms with E-state index in [1.807, 2.05) is 60.8 Å². The van der Waals surface area contributed by atoms with Gasteiger partial charge in [-0.3, -0.25) is 4.98 Å². The Morgan fingerprint density at radius 3 is 2.23 bits per heavy atom. The van der Waals surface area contributed by atoms with Gasteiger partial charge in [0, 0.05) is 39.3 Å². The van der Waals surface area contributed by atoms with Gasteiger partial charge in [-0.05, 0) is 66.7 Å². The molecule has 0 radical (unpaired) electrons. The van der Waals surface area contributed by atoms with E-state index in [-0.39, 0.29) is 0 Å². The molecule has 39 heavy (non-hydrogen) atoms. The van der Waals surface area contributed by atoms with Crippen molar-refractivity contribution in [1.29, 1.82) is 0 Å². The number of furan rings is 1.